The third-order valence-corrected chi connectivity index (χ3v) is 3.34. The van der Waals surface area contributed by atoms with E-state index in [4.69, 9.17) is 9.52 Å². The minimum Gasteiger partial charge on any atom is -0.478 e. The van der Waals surface area contributed by atoms with Crippen LogP contribution in [0.4, 0.5) is 5.69 Å². The molecule has 2 heterocycles. The minimum absolute atomic E-state index is 0.00658. The molecular formula is C15H11NO5. The van der Waals surface area contributed by atoms with Crippen molar-refractivity contribution in [2.45, 2.75) is 13.5 Å². The smallest absolute Gasteiger partial charge is 0.338 e. The number of aromatic carboxylic acids is 1. The molecule has 1 aromatic heterocycles. The Morgan fingerprint density at radius 1 is 1.29 bits per heavy atom. The molecule has 1 aromatic carbocycles. The van der Waals surface area contributed by atoms with Gasteiger partial charge >= 0.3 is 5.97 Å². The quantitative estimate of drug-likeness (QED) is 0.871. The number of rotatable bonds is 3. The van der Waals surface area contributed by atoms with Crippen LogP contribution in [-0.4, -0.2) is 22.8 Å². The van der Waals surface area contributed by atoms with Crippen LogP contribution in [-0.2, 0) is 11.3 Å². The Bertz CT molecular complexity index is 774. The molecule has 0 bridgehead atoms. The number of nitrogens with zero attached hydrogens (tertiary/aromatic N) is 1. The fourth-order valence-electron chi connectivity index (χ4n) is 2.30. The summed E-state index contributed by atoms with van der Waals surface area (Å²) in [6.45, 7) is 1.86. The van der Waals surface area contributed by atoms with Crippen molar-refractivity contribution >= 4 is 23.3 Å². The molecule has 0 radical (unpaired) electrons. The van der Waals surface area contributed by atoms with E-state index in [9.17, 15) is 14.4 Å². The summed E-state index contributed by atoms with van der Waals surface area (Å²) in [7, 11) is 0. The van der Waals surface area contributed by atoms with Crippen LogP contribution in [0, 0.1) is 6.92 Å². The lowest BCUT2D eigenvalue weighted by Gasteiger charge is -2.14. The van der Waals surface area contributed by atoms with Crippen molar-refractivity contribution in [3.05, 3.63) is 53.0 Å². The fraction of sp³-hybridized carbons (Fsp3) is 0.133. The van der Waals surface area contributed by atoms with E-state index in [1.54, 1.807) is 12.1 Å². The van der Waals surface area contributed by atoms with E-state index < -0.39 is 17.7 Å². The lowest BCUT2D eigenvalue weighted by molar-refractivity contribution is -0.114. The highest BCUT2D eigenvalue weighted by molar-refractivity contribution is 6.52. The molecule has 0 atom stereocenters. The van der Waals surface area contributed by atoms with Gasteiger partial charge in [0.05, 0.1) is 23.4 Å². The summed E-state index contributed by atoms with van der Waals surface area (Å²) in [6, 6.07) is 6.52. The van der Waals surface area contributed by atoms with E-state index in [1.807, 2.05) is 13.0 Å². The first-order chi connectivity index (χ1) is 9.97. The first-order valence-electron chi connectivity index (χ1n) is 6.25. The number of amides is 1. The van der Waals surface area contributed by atoms with Gasteiger partial charge in [0.1, 0.15) is 12.0 Å². The average molecular weight is 285 g/mol. The minimum atomic E-state index is -1.11. The summed E-state index contributed by atoms with van der Waals surface area (Å²) in [5.74, 6) is -1.99. The molecule has 0 unspecified atom stereocenters. The van der Waals surface area contributed by atoms with Crippen LogP contribution in [0.1, 0.15) is 32.0 Å². The van der Waals surface area contributed by atoms with Crippen LogP contribution in [0.5, 0.6) is 0 Å². The molecule has 3 rings (SSSR count). The highest BCUT2D eigenvalue weighted by Crippen LogP contribution is 2.31. The largest absolute Gasteiger partial charge is 0.478 e. The molecule has 106 valence electrons. The Morgan fingerprint density at radius 2 is 2.05 bits per heavy atom. The van der Waals surface area contributed by atoms with Crippen molar-refractivity contribution in [1.29, 1.82) is 0 Å². The summed E-state index contributed by atoms with van der Waals surface area (Å²) < 4.78 is 5.12. The number of carboxylic acid groups (broad SMARTS) is 1. The van der Waals surface area contributed by atoms with Gasteiger partial charge in [-0.1, -0.05) is 11.6 Å². The number of aryl methyl sites for hydroxylation is 1. The van der Waals surface area contributed by atoms with Gasteiger partial charge in [-0.3, -0.25) is 14.5 Å². The fourth-order valence-corrected chi connectivity index (χ4v) is 2.30. The standard InChI is InChI=1S/C15H11NO5/c1-8-2-3-12-11(4-8)13(17)14(18)16(12)6-10-5-9(7-21-10)15(19)20/h2-5,7H,6H2,1H3,(H,19,20). The maximum Gasteiger partial charge on any atom is 0.338 e. The highest BCUT2D eigenvalue weighted by atomic mass is 16.4. The number of benzene rings is 1. The third kappa shape index (κ3) is 2.10. The van der Waals surface area contributed by atoms with E-state index in [0.29, 0.717) is 17.0 Å². The zero-order valence-corrected chi connectivity index (χ0v) is 11.1. The van der Waals surface area contributed by atoms with Crippen molar-refractivity contribution in [3.63, 3.8) is 0 Å². The second-order valence-electron chi connectivity index (χ2n) is 4.85. The topological polar surface area (TPSA) is 87.8 Å². The zero-order chi connectivity index (χ0) is 15.1. The van der Waals surface area contributed by atoms with Crippen molar-refractivity contribution in [2.24, 2.45) is 0 Å². The Labute approximate surface area is 119 Å². The number of hydrogen-bond donors (Lipinski definition) is 1. The molecule has 6 heteroatoms. The molecule has 0 fully saturated rings. The maximum absolute atomic E-state index is 12.0. The Morgan fingerprint density at radius 3 is 2.71 bits per heavy atom. The summed E-state index contributed by atoms with van der Waals surface area (Å²) in [6.07, 6.45) is 1.11. The SMILES string of the molecule is Cc1ccc2c(c1)C(=O)C(=O)N2Cc1cc(C(=O)O)co1. The number of carboxylic acids is 1. The van der Waals surface area contributed by atoms with Crippen molar-refractivity contribution in [2.75, 3.05) is 4.90 Å². The summed E-state index contributed by atoms with van der Waals surface area (Å²) >= 11 is 0. The van der Waals surface area contributed by atoms with Crippen LogP contribution in [0.2, 0.25) is 0 Å². The molecule has 1 amide bonds. The van der Waals surface area contributed by atoms with Crippen molar-refractivity contribution in [3.8, 4) is 0 Å². The molecule has 0 saturated heterocycles. The molecule has 2 aromatic rings. The van der Waals surface area contributed by atoms with Gasteiger partial charge in [-0.2, -0.15) is 0 Å². The van der Waals surface area contributed by atoms with Crippen LogP contribution in [0.3, 0.4) is 0 Å². The second-order valence-corrected chi connectivity index (χ2v) is 4.85. The summed E-state index contributed by atoms with van der Waals surface area (Å²) in [4.78, 5) is 36.1. The monoisotopic (exact) mass is 285 g/mol. The van der Waals surface area contributed by atoms with Gasteiger partial charge in [0.15, 0.2) is 0 Å². The Balaban J connectivity index is 1.94. The molecule has 0 spiro atoms. The lowest BCUT2D eigenvalue weighted by atomic mass is 10.1. The number of anilines is 1. The predicted octanol–water partition coefficient (Wildman–Crippen LogP) is 2.02. The lowest BCUT2D eigenvalue weighted by Crippen LogP contribution is -2.28. The van der Waals surface area contributed by atoms with Crippen molar-refractivity contribution in [1.82, 2.24) is 0 Å². The van der Waals surface area contributed by atoms with E-state index >= 15 is 0 Å². The van der Waals surface area contributed by atoms with E-state index in [0.717, 1.165) is 11.8 Å². The van der Waals surface area contributed by atoms with Gasteiger partial charge in [-0.25, -0.2) is 4.79 Å². The molecule has 0 saturated carbocycles. The number of carbonyl (C=O) groups excluding carboxylic acids is 2. The van der Waals surface area contributed by atoms with Crippen LogP contribution >= 0.6 is 0 Å². The molecule has 1 aliphatic heterocycles. The Hall–Kier alpha value is -2.89. The number of Topliss-reactive ketones (excluding diaryl/α,β-unsaturated/α-hetero) is 1. The highest BCUT2D eigenvalue weighted by Gasteiger charge is 2.36. The van der Waals surface area contributed by atoms with Gasteiger partial charge in [0, 0.05) is 0 Å². The van der Waals surface area contributed by atoms with Crippen molar-refractivity contribution < 1.29 is 23.9 Å². The number of furan rings is 1. The van der Waals surface area contributed by atoms with E-state index in [2.05, 4.69) is 0 Å². The van der Waals surface area contributed by atoms with Crippen LogP contribution < -0.4 is 4.90 Å². The van der Waals surface area contributed by atoms with Crippen LogP contribution in [0.25, 0.3) is 0 Å². The Kier molecular flexibility index (Phi) is 2.86. The second kappa shape index (κ2) is 4.59. The zero-order valence-electron chi connectivity index (χ0n) is 11.1. The summed E-state index contributed by atoms with van der Waals surface area (Å²) in [5, 5.41) is 8.85. The molecular weight excluding hydrogens is 274 g/mol. The third-order valence-electron chi connectivity index (χ3n) is 3.34. The molecule has 6 nitrogen and oxygen atoms in total. The number of carbonyl (C=O) groups is 3. The first-order valence-corrected chi connectivity index (χ1v) is 6.25. The molecule has 1 N–H and O–H groups in total. The van der Waals surface area contributed by atoms with E-state index in [-0.39, 0.29) is 12.1 Å². The number of fused-ring (bicyclic) bond motifs is 1. The average Bonchev–Trinajstić information content (AvgIpc) is 2.99. The number of ketones is 1. The van der Waals surface area contributed by atoms with Gasteiger partial charge < -0.3 is 9.52 Å². The van der Waals surface area contributed by atoms with Gasteiger partial charge in [0.25, 0.3) is 11.7 Å². The predicted molar refractivity (Wildman–Crippen MR) is 72.4 cm³/mol. The summed E-state index contributed by atoms with van der Waals surface area (Å²) in [5.41, 5.74) is 1.78. The van der Waals surface area contributed by atoms with Gasteiger partial charge in [-0.05, 0) is 25.1 Å². The first kappa shape index (κ1) is 13.1. The molecule has 1 aliphatic rings. The van der Waals surface area contributed by atoms with Gasteiger partial charge in [0.2, 0.25) is 0 Å². The maximum atomic E-state index is 12.0. The number of hydrogen-bond acceptors (Lipinski definition) is 4. The van der Waals surface area contributed by atoms with Crippen LogP contribution in [0.15, 0.2) is 34.9 Å². The van der Waals surface area contributed by atoms with E-state index in [1.165, 1.54) is 11.0 Å². The normalized spacial score (nSPS) is 13.7. The van der Waals surface area contributed by atoms with Gasteiger partial charge in [-0.15, -0.1) is 0 Å². The molecule has 21 heavy (non-hydrogen) atoms. The molecule has 0 aliphatic carbocycles.